The summed E-state index contributed by atoms with van der Waals surface area (Å²) in [5, 5.41) is 2.70. The number of thiophene rings is 1. The Hall–Kier alpha value is -0.500. The number of rotatable bonds is 4. The Bertz CT molecular complexity index is 540. The standard InChI is InChI=1S/C16H18Cl2S/c1-10(2)8-12-4-6-13(7-5-12)15(18)16-14(17)11(3)9-19-16/h4-7,9-10,15H,8H2,1-3H3. The molecule has 0 radical (unpaired) electrons. The van der Waals surface area contributed by atoms with Crippen LogP contribution < -0.4 is 0 Å². The third kappa shape index (κ3) is 3.53. The molecule has 3 heteroatoms. The minimum atomic E-state index is -0.153. The summed E-state index contributed by atoms with van der Waals surface area (Å²) in [6.07, 6.45) is 1.10. The molecule has 1 heterocycles. The van der Waals surface area contributed by atoms with E-state index in [1.54, 1.807) is 11.3 Å². The lowest BCUT2D eigenvalue weighted by atomic mass is 10.0. The zero-order valence-electron chi connectivity index (χ0n) is 11.4. The number of alkyl halides is 1. The highest BCUT2D eigenvalue weighted by Gasteiger charge is 2.17. The highest BCUT2D eigenvalue weighted by molar-refractivity contribution is 7.11. The first-order valence-corrected chi connectivity index (χ1v) is 8.14. The summed E-state index contributed by atoms with van der Waals surface area (Å²) >= 11 is 14.4. The average Bonchev–Trinajstić information content (AvgIpc) is 2.69. The predicted octanol–water partition coefficient (Wildman–Crippen LogP) is 6.24. The largest absolute Gasteiger partial charge is 0.145 e. The van der Waals surface area contributed by atoms with Crippen LogP contribution in [0.3, 0.4) is 0 Å². The molecule has 0 aliphatic heterocycles. The Balaban J connectivity index is 2.20. The minimum absolute atomic E-state index is 0.153. The van der Waals surface area contributed by atoms with Gasteiger partial charge in [-0.25, -0.2) is 0 Å². The molecule has 0 bridgehead atoms. The van der Waals surface area contributed by atoms with Crippen LogP contribution in [0.2, 0.25) is 5.02 Å². The zero-order chi connectivity index (χ0) is 14.0. The quantitative estimate of drug-likeness (QED) is 0.586. The first-order valence-electron chi connectivity index (χ1n) is 6.45. The van der Waals surface area contributed by atoms with E-state index < -0.39 is 0 Å². The summed E-state index contributed by atoms with van der Waals surface area (Å²) in [4.78, 5) is 1.04. The zero-order valence-corrected chi connectivity index (χ0v) is 13.7. The van der Waals surface area contributed by atoms with Crippen molar-refractivity contribution in [1.82, 2.24) is 0 Å². The Morgan fingerprint density at radius 1 is 1.16 bits per heavy atom. The number of aryl methyl sites for hydroxylation is 1. The van der Waals surface area contributed by atoms with E-state index in [0.29, 0.717) is 5.92 Å². The van der Waals surface area contributed by atoms with E-state index in [2.05, 4.69) is 43.5 Å². The fourth-order valence-electron chi connectivity index (χ4n) is 2.07. The molecule has 0 saturated heterocycles. The summed E-state index contributed by atoms with van der Waals surface area (Å²) < 4.78 is 0. The van der Waals surface area contributed by atoms with Crippen LogP contribution in [-0.2, 0) is 6.42 Å². The summed E-state index contributed by atoms with van der Waals surface area (Å²) in [5.41, 5.74) is 3.57. The van der Waals surface area contributed by atoms with Gasteiger partial charge in [-0.2, -0.15) is 0 Å². The second kappa shape index (κ2) is 6.30. The maximum Gasteiger partial charge on any atom is 0.0942 e. The lowest BCUT2D eigenvalue weighted by Gasteiger charge is -2.11. The van der Waals surface area contributed by atoms with E-state index in [-0.39, 0.29) is 5.38 Å². The molecule has 102 valence electrons. The van der Waals surface area contributed by atoms with Gasteiger partial charge in [0, 0.05) is 4.88 Å². The van der Waals surface area contributed by atoms with Gasteiger partial charge in [0.15, 0.2) is 0 Å². The van der Waals surface area contributed by atoms with Gasteiger partial charge in [0.1, 0.15) is 0 Å². The highest BCUT2D eigenvalue weighted by atomic mass is 35.5. The van der Waals surface area contributed by atoms with Crippen LogP contribution in [0.5, 0.6) is 0 Å². The van der Waals surface area contributed by atoms with Crippen molar-refractivity contribution in [2.45, 2.75) is 32.6 Å². The maximum atomic E-state index is 6.53. The molecule has 0 aliphatic carbocycles. The molecule has 1 aromatic heterocycles. The van der Waals surface area contributed by atoms with E-state index in [1.807, 2.05) is 6.92 Å². The third-order valence-corrected chi connectivity index (χ3v) is 5.45. The molecule has 19 heavy (non-hydrogen) atoms. The number of hydrogen-bond donors (Lipinski definition) is 0. The van der Waals surface area contributed by atoms with Gasteiger partial charge in [0.2, 0.25) is 0 Å². The second-order valence-electron chi connectivity index (χ2n) is 5.30. The van der Waals surface area contributed by atoms with Crippen LogP contribution in [0.4, 0.5) is 0 Å². The molecule has 0 saturated carbocycles. The Kier molecular flexibility index (Phi) is 4.94. The summed E-state index contributed by atoms with van der Waals surface area (Å²) in [6.45, 7) is 6.47. The molecule has 2 aromatic rings. The van der Waals surface area contributed by atoms with Crippen molar-refractivity contribution in [2.75, 3.05) is 0 Å². The summed E-state index contributed by atoms with van der Waals surface area (Å²) in [5.74, 6) is 0.673. The van der Waals surface area contributed by atoms with Crippen LogP contribution in [0, 0.1) is 12.8 Å². The van der Waals surface area contributed by atoms with Crippen LogP contribution in [0.25, 0.3) is 0 Å². The van der Waals surface area contributed by atoms with Crippen molar-refractivity contribution >= 4 is 34.5 Å². The molecule has 0 spiro atoms. The molecule has 0 nitrogen and oxygen atoms in total. The van der Waals surface area contributed by atoms with Crippen molar-refractivity contribution in [3.8, 4) is 0 Å². The lowest BCUT2D eigenvalue weighted by Crippen LogP contribution is -1.96. The van der Waals surface area contributed by atoms with Gasteiger partial charge in [0.05, 0.1) is 10.4 Å². The smallest absolute Gasteiger partial charge is 0.0942 e. The van der Waals surface area contributed by atoms with Crippen LogP contribution >= 0.6 is 34.5 Å². The molecule has 0 N–H and O–H groups in total. The Morgan fingerprint density at radius 3 is 2.26 bits per heavy atom. The molecule has 0 fully saturated rings. The first kappa shape index (κ1) is 14.9. The lowest BCUT2D eigenvalue weighted by molar-refractivity contribution is 0.647. The molecule has 2 rings (SSSR count). The van der Waals surface area contributed by atoms with Gasteiger partial charge in [-0.1, -0.05) is 49.7 Å². The third-order valence-electron chi connectivity index (χ3n) is 3.07. The number of hydrogen-bond acceptors (Lipinski definition) is 1. The second-order valence-corrected chi connectivity index (χ2v) is 7.02. The first-order chi connectivity index (χ1) is 8.99. The van der Waals surface area contributed by atoms with Gasteiger partial charge in [-0.05, 0) is 41.3 Å². The van der Waals surface area contributed by atoms with Crippen LogP contribution in [0.15, 0.2) is 29.6 Å². The van der Waals surface area contributed by atoms with E-state index in [9.17, 15) is 0 Å². The molecule has 1 unspecified atom stereocenters. The molecular formula is C16H18Cl2S. The van der Waals surface area contributed by atoms with Crippen molar-refractivity contribution in [2.24, 2.45) is 5.92 Å². The van der Waals surface area contributed by atoms with E-state index in [0.717, 1.165) is 27.4 Å². The molecule has 1 atom stereocenters. The summed E-state index contributed by atoms with van der Waals surface area (Å²) in [7, 11) is 0. The number of benzene rings is 1. The van der Waals surface area contributed by atoms with Crippen molar-refractivity contribution in [3.63, 3.8) is 0 Å². The molecule has 0 aliphatic rings. The summed E-state index contributed by atoms with van der Waals surface area (Å²) in [6, 6.07) is 8.56. The molecule has 0 amide bonds. The Morgan fingerprint density at radius 2 is 1.79 bits per heavy atom. The average molecular weight is 313 g/mol. The maximum absolute atomic E-state index is 6.53. The van der Waals surface area contributed by atoms with Gasteiger partial charge < -0.3 is 0 Å². The number of halogens is 2. The van der Waals surface area contributed by atoms with E-state index in [1.165, 1.54) is 5.56 Å². The van der Waals surface area contributed by atoms with Gasteiger partial charge in [-0.15, -0.1) is 22.9 Å². The Labute approximate surface area is 129 Å². The van der Waals surface area contributed by atoms with Crippen molar-refractivity contribution < 1.29 is 0 Å². The monoisotopic (exact) mass is 312 g/mol. The van der Waals surface area contributed by atoms with Crippen molar-refractivity contribution in [1.29, 1.82) is 0 Å². The highest BCUT2D eigenvalue weighted by Crippen LogP contribution is 2.39. The minimum Gasteiger partial charge on any atom is -0.145 e. The van der Waals surface area contributed by atoms with E-state index >= 15 is 0 Å². The molecular weight excluding hydrogens is 295 g/mol. The fourth-order valence-corrected chi connectivity index (χ4v) is 3.83. The predicted molar refractivity (Wildman–Crippen MR) is 86.7 cm³/mol. The van der Waals surface area contributed by atoms with Gasteiger partial charge >= 0.3 is 0 Å². The van der Waals surface area contributed by atoms with Crippen LogP contribution in [0.1, 0.15) is 40.8 Å². The normalized spacial score (nSPS) is 12.9. The SMILES string of the molecule is Cc1csc(C(Cl)c2ccc(CC(C)C)cc2)c1Cl. The van der Waals surface area contributed by atoms with Crippen LogP contribution in [-0.4, -0.2) is 0 Å². The molecule has 1 aromatic carbocycles. The van der Waals surface area contributed by atoms with Gasteiger partial charge in [-0.3, -0.25) is 0 Å². The fraction of sp³-hybridized carbons (Fsp3) is 0.375. The van der Waals surface area contributed by atoms with Gasteiger partial charge in [0.25, 0.3) is 0 Å². The van der Waals surface area contributed by atoms with Crippen molar-refractivity contribution in [3.05, 3.63) is 56.2 Å². The van der Waals surface area contributed by atoms with E-state index in [4.69, 9.17) is 23.2 Å². The topological polar surface area (TPSA) is 0 Å².